The predicted molar refractivity (Wildman–Crippen MR) is 57.4 cm³/mol. The summed E-state index contributed by atoms with van der Waals surface area (Å²) in [6.07, 6.45) is 3.05. The van der Waals surface area contributed by atoms with Crippen LogP contribution in [0, 0.1) is 0 Å². The quantitative estimate of drug-likeness (QED) is 0.687. The van der Waals surface area contributed by atoms with Crippen molar-refractivity contribution in [2.24, 2.45) is 0 Å². The third-order valence-electron chi connectivity index (χ3n) is 1.51. The zero-order valence-electron chi connectivity index (χ0n) is 7.36. The van der Waals surface area contributed by atoms with Crippen LogP contribution in [0.5, 0.6) is 0 Å². The highest BCUT2D eigenvalue weighted by Crippen LogP contribution is 2.33. The van der Waals surface area contributed by atoms with Gasteiger partial charge in [0.05, 0.1) is 0 Å². The van der Waals surface area contributed by atoms with Crippen molar-refractivity contribution in [2.75, 3.05) is 0 Å². The molecule has 1 rings (SSSR count). The van der Waals surface area contributed by atoms with Crippen molar-refractivity contribution in [1.29, 1.82) is 0 Å². The second-order valence-electron chi connectivity index (χ2n) is 2.57. The Morgan fingerprint density at radius 1 is 1.50 bits per heavy atom. The summed E-state index contributed by atoms with van der Waals surface area (Å²) >= 11 is 0. The standard InChI is InChI=1S/C9H13NS2/c1-3-8(2)11-12-9-6-4-5-7-10-9/h4-8H,3H2,1-2H3. The predicted octanol–water partition coefficient (Wildman–Crippen LogP) is 3.62. The maximum atomic E-state index is 4.23. The van der Waals surface area contributed by atoms with Gasteiger partial charge in [-0.25, -0.2) is 4.98 Å². The van der Waals surface area contributed by atoms with Crippen LogP contribution in [0.4, 0.5) is 0 Å². The fourth-order valence-corrected chi connectivity index (χ4v) is 2.73. The lowest BCUT2D eigenvalue weighted by atomic mass is 10.4. The molecule has 0 aromatic carbocycles. The molecule has 0 amide bonds. The number of nitrogens with zero attached hydrogens (tertiary/aromatic N) is 1. The molecule has 1 aromatic rings. The van der Waals surface area contributed by atoms with Crippen LogP contribution >= 0.6 is 21.6 Å². The molecule has 0 radical (unpaired) electrons. The summed E-state index contributed by atoms with van der Waals surface area (Å²) in [6.45, 7) is 4.44. The van der Waals surface area contributed by atoms with Crippen molar-refractivity contribution < 1.29 is 0 Å². The average Bonchev–Trinajstić information content (AvgIpc) is 2.16. The van der Waals surface area contributed by atoms with Gasteiger partial charge in [0.15, 0.2) is 0 Å². The summed E-state index contributed by atoms with van der Waals surface area (Å²) in [5.41, 5.74) is 0. The van der Waals surface area contributed by atoms with E-state index in [1.165, 1.54) is 6.42 Å². The lowest BCUT2D eigenvalue weighted by Gasteiger charge is -2.05. The van der Waals surface area contributed by atoms with Crippen molar-refractivity contribution in [3.63, 3.8) is 0 Å². The largest absolute Gasteiger partial charge is 0.249 e. The third kappa shape index (κ3) is 3.50. The molecular formula is C9H13NS2. The van der Waals surface area contributed by atoms with Gasteiger partial charge in [0.2, 0.25) is 0 Å². The Kier molecular flexibility index (Phi) is 4.54. The zero-order chi connectivity index (χ0) is 8.81. The van der Waals surface area contributed by atoms with Gasteiger partial charge in [0.1, 0.15) is 5.03 Å². The van der Waals surface area contributed by atoms with E-state index in [2.05, 4.69) is 18.8 Å². The lowest BCUT2D eigenvalue weighted by Crippen LogP contribution is -1.88. The Bertz CT molecular complexity index is 213. The van der Waals surface area contributed by atoms with Crippen LogP contribution < -0.4 is 0 Å². The van der Waals surface area contributed by atoms with Crippen LogP contribution in [0.15, 0.2) is 29.4 Å². The van der Waals surface area contributed by atoms with E-state index < -0.39 is 0 Å². The maximum Gasteiger partial charge on any atom is 0.106 e. The van der Waals surface area contributed by atoms with Crippen molar-refractivity contribution in [3.05, 3.63) is 24.4 Å². The molecule has 1 nitrogen and oxygen atoms in total. The van der Waals surface area contributed by atoms with Crippen LogP contribution in [-0.4, -0.2) is 10.2 Å². The number of rotatable bonds is 4. The summed E-state index contributed by atoms with van der Waals surface area (Å²) in [7, 11) is 3.64. The molecule has 0 aliphatic carbocycles. The Morgan fingerprint density at radius 2 is 2.33 bits per heavy atom. The molecule has 0 saturated carbocycles. The van der Waals surface area contributed by atoms with Crippen molar-refractivity contribution in [2.45, 2.75) is 30.5 Å². The highest BCUT2D eigenvalue weighted by molar-refractivity contribution is 8.76. The zero-order valence-corrected chi connectivity index (χ0v) is 8.99. The molecular weight excluding hydrogens is 186 g/mol. The van der Waals surface area contributed by atoms with E-state index in [0.717, 1.165) is 5.03 Å². The highest BCUT2D eigenvalue weighted by atomic mass is 33.1. The second kappa shape index (κ2) is 5.49. The van der Waals surface area contributed by atoms with E-state index in [0.29, 0.717) is 5.25 Å². The van der Waals surface area contributed by atoms with Crippen LogP contribution in [0.25, 0.3) is 0 Å². The van der Waals surface area contributed by atoms with Gasteiger partial charge >= 0.3 is 0 Å². The molecule has 12 heavy (non-hydrogen) atoms. The van der Waals surface area contributed by atoms with Crippen molar-refractivity contribution >= 4 is 21.6 Å². The second-order valence-corrected chi connectivity index (χ2v) is 5.23. The van der Waals surface area contributed by atoms with E-state index in [1.807, 2.05) is 35.2 Å². The van der Waals surface area contributed by atoms with Crippen LogP contribution in [0.1, 0.15) is 20.3 Å². The Morgan fingerprint density at radius 3 is 2.92 bits per heavy atom. The van der Waals surface area contributed by atoms with Gasteiger partial charge < -0.3 is 0 Å². The first-order valence-electron chi connectivity index (χ1n) is 4.07. The van der Waals surface area contributed by atoms with Crippen LogP contribution in [-0.2, 0) is 0 Å². The molecule has 0 aliphatic heterocycles. The first kappa shape index (κ1) is 9.93. The van der Waals surface area contributed by atoms with Gasteiger partial charge in [0, 0.05) is 11.4 Å². The molecule has 0 bridgehead atoms. The average molecular weight is 199 g/mol. The first-order valence-corrected chi connectivity index (χ1v) is 6.28. The minimum Gasteiger partial charge on any atom is -0.249 e. The summed E-state index contributed by atoms with van der Waals surface area (Å²) in [5.74, 6) is 0. The van der Waals surface area contributed by atoms with Gasteiger partial charge in [0.25, 0.3) is 0 Å². The van der Waals surface area contributed by atoms with Crippen molar-refractivity contribution in [1.82, 2.24) is 4.98 Å². The van der Waals surface area contributed by atoms with Crippen molar-refractivity contribution in [3.8, 4) is 0 Å². The molecule has 0 fully saturated rings. The molecule has 3 heteroatoms. The Balaban J connectivity index is 2.33. The summed E-state index contributed by atoms with van der Waals surface area (Å²) in [5, 5.41) is 1.81. The molecule has 0 saturated heterocycles. The van der Waals surface area contributed by atoms with E-state index in [-0.39, 0.29) is 0 Å². The molecule has 0 N–H and O–H groups in total. The van der Waals surface area contributed by atoms with E-state index >= 15 is 0 Å². The smallest absolute Gasteiger partial charge is 0.106 e. The molecule has 1 aromatic heterocycles. The molecule has 66 valence electrons. The number of pyridine rings is 1. The van der Waals surface area contributed by atoms with Gasteiger partial charge in [-0.3, -0.25) is 0 Å². The summed E-state index contributed by atoms with van der Waals surface area (Å²) in [6, 6.07) is 6.00. The van der Waals surface area contributed by atoms with Gasteiger partial charge in [-0.1, -0.05) is 30.7 Å². The van der Waals surface area contributed by atoms with E-state index in [1.54, 1.807) is 10.8 Å². The molecule has 1 heterocycles. The van der Waals surface area contributed by atoms with Crippen LogP contribution in [0.3, 0.4) is 0 Å². The molecule has 0 spiro atoms. The first-order chi connectivity index (χ1) is 5.83. The summed E-state index contributed by atoms with van der Waals surface area (Å²) in [4.78, 5) is 4.23. The third-order valence-corrected chi connectivity index (χ3v) is 4.47. The topological polar surface area (TPSA) is 12.9 Å². The molecule has 1 atom stereocenters. The normalized spacial score (nSPS) is 12.8. The van der Waals surface area contributed by atoms with Gasteiger partial charge in [-0.15, -0.1) is 0 Å². The number of aromatic nitrogens is 1. The fraction of sp³-hybridized carbons (Fsp3) is 0.444. The highest BCUT2D eigenvalue weighted by Gasteiger charge is 2.00. The number of hydrogen-bond acceptors (Lipinski definition) is 3. The fourth-order valence-electron chi connectivity index (χ4n) is 0.596. The minimum absolute atomic E-state index is 0.706. The van der Waals surface area contributed by atoms with E-state index in [4.69, 9.17) is 0 Å². The number of hydrogen-bond donors (Lipinski definition) is 0. The summed E-state index contributed by atoms with van der Waals surface area (Å²) < 4.78 is 0. The SMILES string of the molecule is CCC(C)SSc1ccccn1. The minimum atomic E-state index is 0.706. The maximum absolute atomic E-state index is 4.23. The molecule has 1 unspecified atom stereocenters. The monoisotopic (exact) mass is 199 g/mol. The Hall–Kier alpha value is -0.150. The van der Waals surface area contributed by atoms with E-state index in [9.17, 15) is 0 Å². The van der Waals surface area contributed by atoms with Crippen LogP contribution in [0.2, 0.25) is 0 Å². The Labute approximate surface area is 81.8 Å². The van der Waals surface area contributed by atoms with Gasteiger partial charge in [-0.2, -0.15) is 0 Å². The lowest BCUT2D eigenvalue weighted by molar-refractivity contribution is 0.912. The molecule has 0 aliphatic rings. The van der Waals surface area contributed by atoms with Gasteiger partial charge in [-0.05, 0) is 29.3 Å².